The molecule has 1 unspecified atom stereocenters. The van der Waals surface area contributed by atoms with Crippen LogP contribution in [0.2, 0.25) is 0 Å². The highest BCUT2D eigenvalue weighted by atomic mass is 32.1. The lowest BCUT2D eigenvalue weighted by Gasteiger charge is -2.48. The molecule has 1 aromatic heterocycles. The molecular weight excluding hydrogens is 274 g/mol. The smallest absolute Gasteiger partial charge is 0.248 e. The lowest BCUT2D eigenvalue weighted by molar-refractivity contribution is -0.162. The van der Waals surface area contributed by atoms with E-state index in [-0.39, 0.29) is 11.8 Å². The van der Waals surface area contributed by atoms with Crippen LogP contribution in [0.5, 0.6) is 0 Å². The van der Waals surface area contributed by atoms with Crippen molar-refractivity contribution in [3.63, 3.8) is 0 Å². The topological polar surface area (TPSA) is 62.3 Å². The van der Waals surface area contributed by atoms with E-state index in [1.54, 1.807) is 30.1 Å². The molecule has 0 aromatic carbocycles. The fourth-order valence-corrected chi connectivity index (χ4v) is 3.00. The van der Waals surface area contributed by atoms with Crippen molar-refractivity contribution in [1.29, 1.82) is 0 Å². The van der Waals surface area contributed by atoms with Gasteiger partial charge in [0.05, 0.1) is 17.2 Å². The summed E-state index contributed by atoms with van der Waals surface area (Å²) in [4.78, 5) is 31.1. The van der Waals surface area contributed by atoms with Gasteiger partial charge in [0, 0.05) is 5.38 Å². The second kappa shape index (κ2) is 4.84. The first-order valence-corrected chi connectivity index (χ1v) is 7.64. The van der Waals surface area contributed by atoms with Gasteiger partial charge in [-0.25, -0.2) is 4.98 Å². The van der Waals surface area contributed by atoms with Crippen LogP contribution < -0.4 is 5.32 Å². The molecule has 6 heteroatoms. The summed E-state index contributed by atoms with van der Waals surface area (Å²) in [6.07, 6.45) is 0.573. The van der Waals surface area contributed by atoms with Gasteiger partial charge in [-0.05, 0) is 34.1 Å². The highest BCUT2D eigenvalue weighted by Crippen LogP contribution is 2.30. The number of rotatable bonds is 3. The molecule has 0 bridgehead atoms. The maximum Gasteiger partial charge on any atom is 0.248 e. The van der Waals surface area contributed by atoms with Crippen molar-refractivity contribution in [3.05, 3.63) is 16.1 Å². The molecule has 1 aromatic rings. The van der Waals surface area contributed by atoms with Gasteiger partial charge in [0.15, 0.2) is 0 Å². The van der Waals surface area contributed by atoms with Gasteiger partial charge < -0.3 is 10.2 Å². The molecule has 110 valence electrons. The number of piperazine rings is 1. The van der Waals surface area contributed by atoms with E-state index in [9.17, 15) is 9.59 Å². The molecular formula is C14H21N3O2S. The molecule has 0 aliphatic carbocycles. The van der Waals surface area contributed by atoms with Crippen molar-refractivity contribution >= 4 is 23.2 Å². The molecule has 2 heterocycles. The summed E-state index contributed by atoms with van der Waals surface area (Å²) in [5.74, 6) is -0.163. The minimum Gasteiger partial charge on any atom is -0.340 e. The van der Waals surface area contributed by atoms with Crippen molar-refractivity contribution in [2.24, 2.45) is 0 Å². The summed E-state index contributed by atoms with van der Waals surface area (Å²) < 4.78 is 0. The van der Waals surface area contributed by atoms with Gasteiger partial charge in [-0.15, -0.1) is 11.3 Å². The highest BCUT2D eigenvalue weighted by Gasteiger charge is 2.51. The molecule has 1 aliphatic rings. The van der Waals surface area contributed by atoms with Crippen LogP contribution in [0, 0.1) is 6.92 Å². The van der Waals surface area contributed by atoms with E-state index in [0.717, 1.165) is 10.7 Å². The Labute approximate surface area is 123 Å². The zero-order valence-electron chi connectivity index (χ0n) is 12.6. The number of amides is 2. The van der Waals surface area contributed by atoms with E-state index >= 15 is 0 Å². The van der Waals surface area contributed by atoms with E-state index in [2.05, 4.69) is 10.3 Å². The third-order valence-corrected chi connectivity index (χ3v) is 4.79. The molecule has 1 aliphatic heterocycles. The number of carbonyl (C=O) groups excluding carboxylic acids is 2. The first kappa shape index (κ1) is 15.0. The summed E-state index contributed by atoms with van der Waals surface area (Å²) in [5.41, 5.74) is -0.841. The molecule has 2 rings (SSSR count). The number of nitrogens with zero attached hydrogens (tertiary/aromatic N) is 2. The van der Waals surface area contributed by atoms with Crippen molar-refractivity contribution in [2.75, 3.05) is 0 Å². The standard InChI is InChI=1S/C14H21N3O2S/c1-6-14(5)11(18)16-13(3,4)12(19)17(14)7-10-8-20-9(2)15-10/h8H,6-7H2,1-5H3,(H,16,18). The van der Waals surface area contributed by atoms with Gasteiger partial charge >= 0.3 is 0 Å². The normalized spacial score (nSPS) is 25.8. The van der Waals surface area contributed by atoms with Crippen LogP contribution in [-0.4, -0.2) is 32.8 Å². The predicted molar refractivity (Wildman–Crippen MR) is 78.3 cm³/mol. The Bertz CT molecular complexity index is 552. The molecule has 0 radical (unpaired) electrons. The fraction of sp³-hybridized carbons (Fsp3) is 0.643. The van der Waals surface area contributed by atoms with Crippen molar-refractivity contribution in [3.8, 4) is 0 Å². The van der Waals surface area contributed by atoms with Crippen LogP contribution in [-0.2, 0) is 16.1 Å². The summed E-state index contributed by atoms with van der Waals surface area (Å²) in [6, 6.07) is 0. The molecule has 1 N–H and O–H groups in total. The number of hydrogen-bond donors (Lipinski definition) is 1. The number of carbonyl (C=O) groups is 2. The minimum absolute atomic E-state index is 0.0629. The Morgan fingerprint density at radius 3 is 2.50 bits per heavy atom. The average molecular weight is 295 g/mol. The molecule has 2 amide bonds. The van der Waals surface area contributed by atoms with E-state index in [4.69, 9.17) is 0 Å². The maximum atomic E-state index is 12.7. The predicted octanol–water partition coefficient (Wildman–Crippen LogP) is 1.86. The molecule has 1 fully saturated rings. The van der Waals surface area contributed by atoms with Crippen molar-refractivity contribution in [2.45, 2.75) is 58.7 Å². The Kier molecular flexibility index (Phi) is 3.62. The van der Waals surface area contributed by atoms with Gasteiger partial charge in [0.2, 0.25) is 11.8 Å². The molecule has 0 saturated carbocycles. The second-order valence-electron chi connectivity index (χ2n) is 5.96. The minimum atomic E-state index is -0.864. The molecule has 20 heavy (non-hydrogen) atoms. The first-order chi connectivity index (χ1) is 9.20. The quantitative estimate of drug-likeness (QED) is 0.926. The van der Waals surface area contributed by atoms with Crippen LogP contribution in [0.4, 0.5) is 0 Å². The highest BCUT2D eigenvalue weighted by molar-refractivity contribution is 7.09. The fourth-order valence-electron chi connectivity index (χ4n) is 2.40. The summed E-state index contributed by atoms with van der Waals surface area (Å²) in [7, 11) is 0. The zero-order chi connectivity index (χ0) is 15.1. The van der Waals surface area contributed by atoms with Gasteiger partial charge in [0.25, 0.3) is 0 Å². The van der Waals surface area contributed by atoms with E-state index in [1.807, 2.05) is 26.2 Å². The zero-order valence-corrected chi connectivity index (χ0v) is 13.4. The maximum absolute atomic E-state index is 12.7. The van der Waals surface area contributed by atoms with Crippen LogP contribution in [0.25, 0.3) is 0 Å². The lowest BCUT2D eigenvalue weighted by Crippen LogP contribution is -2.72. The average Bonchev–Trinajstić information content (AvgIpc) is 2.77. The largest absolute Gasteiger partial charge is 0.340 e. The van der Waals surface area contributed by atoms with Gasteiger partial charge in [0.1, 0.15) is 11.1 Å². The Morgan fingerprint density at radius 2 is 2.00 bits per heavy atom. The van der Waals surface area contributed by atoms with Crippen LogP contribution >= 0.6 is 11.3 Å². The van der Waals surface area contributed by atoms with Crippen LogP contribution in [0.3, 0.4) is 0 Å². The lowest BCUT2D eigenvalue weighted by atomic mass is 9.86. The Morgan fingerprint density at radius 1 is 1.35 bits per heavy atom. The number of aryl methyl sites for hydroxylation is 1. The number of hydrogen-bond acceptors (Lipinski definition) is 4. The van der Waals surface area contributed by atoms with E-state index in [1.165, 1.54) is 0 Å². The van der Waals surface area contributed by atoms with Gasteiger partial charge in [-0.1, -0.05) is 6.92 Å². The number of aromatic nitrogens is 1. The number of thiazole rings is 1. The summed E-state index contributed by atoms with van der Waals surface area (Å²) in [6.45, 7) is 9.52. The van der Waals surface area contributed by atoms with Crippen molar-refractivity contribution in [1.82, 2.24) is 15.2 Å². The third-order valence-electron chi connectivity index (χ3n) is 3.97. The molecule has 1 saturated heterocycles. The summed E-state index contributed by atoms with van der Waals surface area (Å²) >= 11 is 1.55. The van der Waals surface area contributed by atoms with Crippen molar-refractivity contribution < 1.29 is 9.59 Å². The molecule has 5 nitrogen and oxygen atoms in total. The first-order valence-electron chi connectivity index (χ1n) is 6.76. The molecule has 0 spiro atoms. The summed E-state index contributed by atoms with van der Waals surface area (Å²) in [5, 5.41) is 5.73. The van der Waals surface area contributed by atoms with E-state index < -0.39 is 11.1 Å². The van der Waals surface area contributed by atoms with Crippen LogP contribution in [0.1, 0.15) is 44.8 Å². The SMILES string of the molecule is CCC1(C)C(=O)NC(C)(C)C(=O)N1Cc1csc(C)n1. The van der Waals surface area contributed by atoms with Crippen LogP contribution in [0.15, 0.2) is 5.38 Å². The van der Waals surface area contributed by atoms with Gasteiger partial charge in [-0.2, -0.15) is 0 Å². The third kappa shape index (κ3) is 2.32. The Hall–Kier alpha value is -1.43. The van der Waals surface area contributed by atoms with E-state index in [0.29, 0.717) is 13.0 Å². The van der Waals surface area contributed by atoms with Gasteiger partial charge in [-0.3, -0.25) is 9.59 Å². The number of nitrogens with one attached hydrogen (secondary N) is 1. The Balaban J connectivity index is 2.38. The second-order valence-corrected chi connectivity index (χ2v) is 7.02. The molecule has 1 atom stereocenters. The monoisotopic (exact) mass is 295 g/mol.